The Hall–Kier alpha value is 0.0500. The summed E-state index contributed by atoms with van der Waals surface area (Å²) in [5, 5.41) is 3.32. The van der Waals surface area contributed by atoms with E-state index in [2.05, 4.69) is 32.9 Å². The molecule has 2 heterocycles. The third-order valence-corrected chi connectivity index (χ3v) is 6.70. The minimum atomic E-state index is -3.37. The molecule has 2 rings (SSSR count). The van der Waals surface area contributed by atoms with Crippen LogP contribution in [0.1, 0.15) is 19.8 Å². The second kappa shape index (κ2) is 5.58. The zero-order valence-corrected chi connectivity index (χ0v) is 13.4. The zero-order valence-electron chi connectivity index (χ0n) is 10.2. The van der Waals surface area contributed by atoms with Crippen LogP contribution in [0, 0.1) is 5.41 Å². The van der Waals surface area contributed by atoms with Gasteiger partial charge in [-0.25, -0.2) is 13.1 Å². The predicted molar refractivity (Wildman–Crippen MR) is 77.4 cm³/mol. The van der Waals surface area contributed by atoms with E-state index in [1.54, 1.807) is 12.1 Å². The minimum Gasteiger partial charge on any atom is -0.316 e. The van der Waals surface area contributed by atoms with Gasteiger partial charge in [-0.05, 0) is 52.9 Å². The number of nitrogens with one attached hydrogen (secondary N) is 2. The average Bonchev–Trinajstić information content (AvgIpc) is 2.76. The lowest BCUT2D eigenvalue weighted by Crippen LogP contribution is -2.45. The van der Waals surface area contributed by atoms with Gasteiger partial charge in [0.2, 0.25) is 10.0 Å². The fourth-order valence-corrected chi connectivity index (χ4v) is 5.31. The Balaban J connectivity index is 2.01. The molecule has 0 amide bonds. The van der Waals surface area contributed by atoms with E-state index in [4.69, 9.17) is 0 Å². The summed E-state index contributed by atoms with van der Waals surface area (Å²) >= 11 is 4.51. The van der Waals surface area contributed by atoms with Crippen LogP contribution in [-0.4, -0.2) is 28.1 Å². The first-order valence-electron chi connectivity index (χ1n) is 5.87. The van der Waals surface area contributed by atoms with Crippen LogP contribution in [0.5, 0.6) is 0 Å². The monoisotopic (exact) mass is 352 g/mol. The van der Waals surface area contributed by atoms with E-state index in [1.807, 2.05) is 0 Å². The van der Waals surface area contributed by atoms with Crippen LogP contribution >= 0.6 is 27.3 Å². The molecule has 0 radical (unpaired) electrons. The molecular formula is C11H17BrN2O2S2. The number of hydrogen-bond acceptors (Lipinski definition) is 4. The molecular weight excluding hydrogens is 336 g/mol. The normalized spacial score (nSPS) is 25.2. The smallest absolute Gasteiger partial charge is 0.250 e. The van der Waals surface area contributed by atoms with E-state index in [0.29, 0.717) is 10.8 Å². The summed E-state index contributed by atoms with van der Waals surface area (Å²) in [6.07, 6.45) is 2.15. The average molecular weight is 353 g/mol. The van der Waals surface area contributed by atoms with Gasteiger partial charge in [-0.2, -0.15) is 0 Å². The van der Waals surface area contributed by atoms with Crippen molar-refractivity contribution in [1.29, 1.82) is 0 Å². The van der Waals surface area contributed by atoms with Crippen molar-refractivity contribution in [3.05, 3.63) is 15.9 Å². The van der Waals surface area contributed by atoms with E-state index in [1.165, 1.54) is 11.3 Å². The number of hydrogen-bond donors (Lipinski definition) is 2. The summed E-state index contributed by atoms with van der Waals surface area (Å²) in [7, 11) is -3.37. The lowest BCUT2D eigenvalue weighted by Gasteiger charge is -2.34. The molecule has 0 spiro atoms. The number of rotatable bonds is 4. The van der Waals surface area contributed by atoms with Crippen LogP contribution in [-0.2, 0) is 10.0 Å². The standard InChI is InChI=1S/C11H17BrN2O2S2/c1-11(5-2-6-13-7-11)8-14-18(15,16)10-4-3-9(12)17-10/h3-4,13-14H,2,5-8H2,1H3. The highest BCUT2D eigenvalue weighted by Crippen LogP contribution is 2.28. The molecule has 1 aliphatic rings. The van der Waals surface area contributed by atoms with Gasteiger partial charge in [0.1, 0.15) is 4.21 Å². The Bertz CT molecular complexity index is 507. The molecule has 0 saturated carbocycles. The number of halogens is 1. The van der Waals surface area contributed by atoms with Crippen LogP contribution in [0.3, 0.4) is 0 Å². The maximum absolute atomic E-state index is 12.1. The van der Waals surface area contributed by atoms with E-state index in [0.717, 1.165) is 29.7 Å². The molecule has 0 bridgehead atoms. The van der Waals surface area contributed by atoms with Gasteiger partial charge in [0.15, 0.2) is 0 Å². The SMILES string of the molecule is CC1(CNS(=O)(=O)c2ccc(Br)s2)CCCNC1. The van der Waals surface area contributed by atoms with Crippen molar-refractivity contribution < 1.29 is 8.42 Å². The van der Waals surface area contributed by atoms with Crippen LogP contribution in [0.25, 0.3) is 0 Å². The molecule has 2 N–H and O–H groups in total. The molecule has 0 aromatic carbocycles. The first-order valence-corrected chi connectivity index (χ1v) is 8.96. The maximum Gasteiger partial charge on any atom is 0.250 e. The van der Waals surface area contributed by atoms with Gasteiger partial charge in [0.05, 0.1) is 3.79 Å². The summed E-state index contributed by atoms with van der Waals surface area (Å²) in [6, 6.07) is 3.38. The summed E-state index contributed by atoms with van der Waals surface area (Å²) in [6.45, 7) is 4.49. The quantitative estimate of drug-likeness (QED) is 0.872. The number of thiophene rings is 1. The third kappa shape index (κ3) is 3.54. The van der Waals surface area contributed by atoms with E-state index < -0.39 is 10.0 Å². The zero-order chi connectivity index (χ0) is 13.2. The Morgan fingerprint density at radius 3 is 2.89 bits per heavy atom. The Kier molecular flexibility index (Phi) is 4.48. The Labute approximate surface area is 120 Å². The molecule has 1 unspecified atom stereocenters. The molecule has 1 saturated heterocycles. The highest BCUT2D eigenvalue weighted by atomic mass is 79.9. The van der Waals surface area contributed by atoms with Crippen molar-refractivity contribution in [2.24, 2.45) is 5.41 Å². The van der Waals surface area contributed by atoms with Gasteiger partial charge in [-0.15, -0.1) is 11.3 Å². The van der Waals surface area contributed by atoms with Crippen molar-refractivity contribution in [2.75, 3.05) is 19.6 Å². The molecule has 1 aromatic rings. The van der Waals surface area contributed by atoms with Gasteiger partial charge in [-0.3, -0.25) is 0 Å². The first kappa shape index (κ1) is 14.5. The van der Waals surface area contributed by atoms with Crippen LogP contribution in [0.15, 0.2) is 20.1 Å². The summed E-state index contributed by atoms with van der Waals surface area (Å²) in [5.41, 5.74) is 0.0137. The highest BCUT2D eigenvalue weighted by Gasteiger charge is 2.29. The number of piperidine rings is 1. The third-order valence-electron chi connectivity index (χ3n) is 3.19. The molecule has 0 aliphatic carbocycles. The van der Waals surface area contributed by atoms with Crippen molar-refractivity contribution in [2.45, 2.75) is 24.0 Å². The molecule has 1 aliphatic heterocycles. The summed E-state index contributed by atoms with van der Waals surface area (Å²) in [5.74, 6) is 0. The van der Waals surface area contributed by atoms with Gasteiger partial charge in [0, 0.05) is 13.1 Å². The van der Waals surface area contributed by atoms with Gasteiger partial charge in [0.25, 0.3) is 0 Å². The largest absolute Gasteiger partial charge is 0.316 e. The van der Waals surface area contributed by atoms with E-state index in [-0.39, 0.29) is 5.41 Å². The Morgan fingerprint density at radius 2 is 2.33 bits per heavy atom. The molecule has 1 aromatic heterocycles. The van der Waals surface area contributed by atoms with Crippen molar-refractivity contribution in [1.82, 2.24) is 10.0 Å². The van der Waals surface area contributed by atoms with Gasteiger partial charge < -0.3 is 5.32 Å². The molecule has 102 valence electrons. The molecule has 4 nitrogen and oxygen atoms in total. The summed E-state index contributed by atoms with van der Waals surface area (Å²) < 4.78 is 28.1. The van der Waals surface area contributed by atoms with E-state index in [9.17, 15) is 8.42 Å². The lowest BCUT2D eigenvalue weighted by molar-refractivity contribution is 0.238. The highest BCUT2D eigenvalue weighted by molar-refractivity contribution is 9.11. The predicted octanol–water partition coefficient (Wildman–Crippen LogP) is 2.18. The second-order valence-corrected chi connectivity index (χ2v) is 9.43. The number of sulfonamides is 1. The van der Waals surface area contributed by atoms with Crippen LogP contribution in [0.2, 0.25) is 0 Å². The van der Waals surface area contributed by atoms with Crippen LogP contribution in [0.4, 0.5) is 0 Å². The molecule has 18 heavy (non-hydrogen) atoms. The fraction of sp³-hybridized carbons (Fsp3) is 0.636. The molecule has 1 atom stereocenters. The van der Waals surface area contributed by atoms with Gasteiger partial charge >= 0.3 is 0 Å². The van der Waals surface area contributed by atoms with E-state index >= 15 is 0 Å². The first-order chi connectivity index (χ1) is 8.41. The summed E-state index contributed by atoms with van der Waals surface area (Å²) in [4.78, 5) is 0. The lowest BCUT2D eigenvalue weighted by atomic mass is 9.83. The van der Waals surface area contributed by atoms with Crippen LogP contribution < -0.4 is 10.0 Å². The van der Waals surface area contributed by atoms with Crippen molar-refractivity contribution in [3.8, 4) is 0 Å². The Morgan fingerprint density at radius 1 is 1.56 bits per heavy atom. The minimum absolute atomic E-state index is 0.0137. The fourth-order valence-electron chi connectivity index (χ4n) is 2.05. The van der Waals surface area contributed by atoms with Crippen molar-refractivity contribution in [3.63, 3.8) is 0 Å². The topological polar surface area (TPSA) is 58.2 Å². The maximum atomic E-state index is 12.1. The van der Waals surface area contributed by atoms with Crippen molar-refractivity contribution >= 4 is 37.3 Å². The molecule has 1 fully saturated rings. The second-order valence-electron chi connectivity index (χ2n) is 4.97. The van der Waals surface area contributed by atoms with Gasteiger partial charge in [-0.1, -0.05) is 6.92 Å². The molecule has 7 heteroatoms.